The van der Waals surface area contributed by atoms with Gasteiger partial charge in [0.05, 0.1) is 0 Å². The Labute approximate surface area is 107 Å². The molecule has 0 spiro atoms. The first-order valence-electron chi connectivity index (χ1n) is 7.51. The molecule has 0 aromatic carbocycles. The van der Waals surface area contributed by atoms with Gasteiger partial charge in [-0.2, -0.15) is 0 Å². The minimum atomic E-state index is 0.772. The summed E-state index contributed by atoms with van der Waals surface area (Å²) < 4.78 is 0. The Morgan fingerprint density at radius 1 is 0.941 bits per heavy atom. The van der Waals surface area contributed by atoms with Crippen molar-refractivity contribution < 1.29 is 0 Å². The molecule has 0 bridgehead atoms. The molecule has 0 radical (unpaired) electrons. The van der Waals surface area contributed by atoms with Gasteiger partial charge in [0.1, 0.15) is 0 Å². The van der Waals surface area contributed by atoms with Gasteiger partial charge in [0, 0.05) is 11.9 Å². The number of aromatic amines is 1. The van der Waals surface area contributed by atoms with E-state index in [1.54, 1.807) is 0 Å². The minimum absolute atomic E-state index is 0.772. The summed E-state index contributed by atoms with van der Waals surface area (Å²) >= 11 is 0. The summed E-state index contributed by atoms with van der Waals surface area (Å²) in [6.45, 7) is 4.56. The lowest BCUT2D eigenvalue weighted by atomic mass is 9.92. The third kappa shape index (κ3) is 5.95. The Morgan fingerprint density at radius 2 is 1.59 bits per heavy atom. The number of hydrogen-bond acceptors (Lipinski definition) is 0. The number of nitrogens with one attached hydrogen (secondary N) is 1. The molecule has 1 atom stereocenters. The van der Waals surface area contributed by atoms with Crippen LogP contribution < -0.4 is 0 Å². The summed E-state index contributed by atoms with van der Waals surface area (Å²) in [5.74, 6) is 0.772. The van der Waals surface area contributed by atoms with Gasteiger partial charge in [0.25, 0.3) is 0 Å². The fraction of sp³-hybridized carbons (Fsp3) is 0.750. The fourth-order valence-corrected chi connectivity index (χ4v) is 2.51. The zero-order chi connectivity index (χ0) is 12.3. The Balaban J connectivity index is 2.31. The van der Waals surface area contributed by atoms with Gasteiger partial charge < -0.3 is 4.98 Å². The van der Waals surface area contributed by atoms with E-state index in [0.29, 0.717) is 0 Å². The van der Waals surface area contributed by atoms with Crippen LogP contribution in [0.25, 0.3) is 0 Å². The minimum Gasteiger partial charge on any atom is -0.365 e. The van der Waals surface area contributed by atoms with Gasteiger partial charge in [-0.15, -0.1) is 0 Å². The highest BCUT2D eigenvalue weighted by atomic mass is 14.7. The van der Waals surface area contributed by atoms with Crippen LogP contribution in [0.3, 0.4) is 0 Å². The van der Waals surface area contributed by atoms with Crippen molar-refractivity contribution in [1.29, 1.82) is 0 Å². The number of H-pyrrole nitrogens is 1. The van der Waals surface area contributed by atoms with E-state index in [2.05, 4.69) is 37.2 Å². The molecule has 98 valence electrons. The average molecular weight is 235 g/mol. The standard InChI is InChI=1S/C16H29N/c1-3-5-7-9-12-15(11-8-6-4-2)16-13-10-14-17-16/h10,13-15,17H,3-9,11-12H2,1-2H3. The van der Waals surface area contributed by atoms with E-state index in [-0.39, 0.29) is 0 Å². The lowest BCUT2D eigenvalue weighted by Gasteiger charge is -2.15. The van der Waals surface area contributed by atoms with Crippen LogP contribution in [0.5, 0.6) is 0 Å². The molecule has 1 unspecified atom stereocenters. The van der Waals surface area contributed by atoms with Gasteiger partial charge in [-0.3, -0.25) is 0 Å². The van der Waals surface area contributed by atoms with Crippen molar-refractivity contribution in [1.82, 2.24) is 4.98 Å². The van der Waals surface area contributed by atoms with Crippen molar-refractivity contribution in [2.75, 3.05) is 0 Å². The molecule has 1 aromatic heterocycles. The van der Waals surface area contributed by atoms with Gasteiger partial charge in [0.15, 0.2) is 0 Å². The number of rotatable bonds is 10. The number of aromatic nitrogens is 1. The van der Waals surface area contributed by atoms with Crippen molar-refractivity contribution >= 4 is 0 Å². The van der Waals surface area contributed by atoms with E-state index in [0.717, 1.165) is 5.92 Å². The van der Waals surface area contributed by atoms with Gasteiger partial charge in [0.2, 0.25) is 0 Å². The molecule has 17 heavy (non-hydrogen) atoms. The second-order valence-electron chi connectivity index (χ2n) is 5.17. The van der Waals surface area contributed by atoms with Gasteiger partial charge >= 0.3 is 0 Å². The summed E-state index contributed by atoms with van der Waals surface area (Å²) in [5.41, 5.74) is 1.46. The molecule has 1 rings (SSSR count). The van der Waals surface area contributed by atoms with Crippen molar-refractivity contribution in [3.63, 3.8) is 0 Å². The first-order valence-corrected chi connectivity index (χ1v) is 7.51. The zero-order valence-electron chi connectivity index (χ0n) is 11.7. The molecular formula is C16H29N. The Kier molecular flexibility index (Phi) is 7.87. The molecule has 1 N–H and O–H groups in total. The van der Waals surface area contributed by atoms with E-state index in [4.69, 9.17) is 0 Å². The maximum Gasteiger partial charge on any atom is 0.0178 e. The third-order valence-corrected chi connectivity index (χ3v) is 3.62. The van der Waals surface area contributed by atoms with Crippen LogP contribution in [-0.4, -0.2) is 4.98 Å². The van der Waals surface area contributed by atoms with E-state index in [1.807, 2.05) is 0 Å². The Hall–Kier alpha value is -0.720. The predicted molar refractivity (Wildman–Crippen MR) is 76.4 cm³/mol. The van der Waals surface area contributed by atoms with Crippen LogP contribution in [0.2, 0.25) is 0 Å². The second kappa shape index (κ2) is 9.32. The molecule has 1 nitrogen and oxygen atoms in total. The molecule has 0 aliphatic heterocycles. The van der Waals surface area contributed by atoms with Crippen LogP contribution in [0.1, 0.15) is 83.2 Å². The van der Waals surface area contributed by atoms with Gasteiger partial charge in [-0.05, 0) is 30.9 Å². The molecule has 0 saturated heterocycles. The molecule has 0 fully saturated rings. The highest BCUT2D eigenvalue weighted by Crippen LogP contribution is 2.27. The topological polar surface area (TPSA) is 15.8 Å². The third-order valence-electron chi connectivity index (χ3n) is 3.62. The summed E-state index contributed by atoms with van der Waals surface area (Å²) in [6, 6.07) is 4.39. The van der Waals surface area contributed by atoms with Crippen molar-refractivity contribution in [3.8, 4) is 0 Å². The van der Waals surface area contributed by atoms with Gasteiger partial charge in [-0.1, -0.05) is 58.8 Å². The smallest absolute Gasteiger partial charge is 0.0178 e. The molecule has 0 aliphatic carbocycles. The van der Waals surface area contributed by atoms with Crippen LogP contribution >= 0.6 is 0 Å². The quantitative estimate of drug-likeness (QED) is 0.504. The lowest BCUT2D eigenvalue weighted by molar-refractivity contribution is 0.494. The van der Waals surface area contributed by atoms with Crippen LogP contribution in [0, 0.1) is 0 Å². The SMILES string of the molecule is CCCCCCC(CCCCC)c1ccc[nH]1. The van der Waals surface area contributed by atoms with Crippen LogP contribution in [0.4, 0.5) is 0 Å². The van der Waals surface area contributed by atoms with E-state index in [9.17, 15) is 0 Å². The van der Waals surface area contributed by atoms with Gasteiger partial charge in [-0.25, -0.2) is 0 Å². The monoisotopic (exact) mass is 235 g/mol. The summed E-state index contributed by atoms with van der Waals surface area (Å²) in [4.78, 5) is 3.41. The number of hydrogen-bond donors (Lipinski definition) is 1. The fourth-order valence-electron chi connectivity index (χ4n) is 2.51. The first kappa shape index (κ1) is 14.3. The largest absolute Gasteiger partial charge is 0.365 e. The average Bonchev–Trinajstić information content (AvgIpc) is 2.86. The second-order valence-corrected chi connectivity index (χ2v) is 5.17. The predicted octanol–water partition coefficient (Wildman–Crippen LogP) is 5.65. The van der Waals surface area contributed by atoms with E-state index < -0.39 is 0 Å². The molecular weight excluding hydrogens is 206 g/mol. The van der Waals surface area contributed by atoms with Crippen molar-refractivity contribution in [2.24, 2.45) is 0 Å². The maximum absolute atomic E-state index is 3.41. The molecule has 1 aromatic rings. The highest BCUT2D eigenvalue weighted by molar-refractivity contribution is 5.09. The Morgan fingerprint density at radius 3 is 2.18 bits per heavy atom. The highest BCUT2D eigenvalue weighted by Gasteiger charge is 2.11. The van der Waals surface area contributed by atoms with Crippen LogP contribution in [-0.2, 0) is 0 Å². The zero-order valence-corrected chi connectivity index (χ0v) is 11.7. The Bertz CT molecular complexity index is 250. The molecule has 0 saturated carbocycles. The summed E-state index contributed by atoms with van der Waals surface area (Å²) in [5, 5.41) is 0. The molecule has 0 aliphatic rings. The summed E-state index contributed by atoms with van der Waals surface area (Å²) in [6.07, 6.45) is 14.4. The molecule has 1 heterocycles. The lowest BCUT2D eigenvalue weighted by Crippen LogP contribution is -2.00. The van der Waals surface area contributed by atoms with Crippen molar-refractivity contribution in [3.05, 3.63) is 24.0 Å². The van der Waals surface area contributed by atoms with E-state index in [1.165, 1.54) is 63.5 Å². The number of unbranched alkanes of at least 4 members (excludes halogenated alkanes) is 5. The maximum atomic E-state index is 3.41. The molecule has 1 heteroatoms. The van der Waals surface area contributed by atoms with Crippen LogP contribution in [0.15, 0.2) is 18.3 Å². The normalized spacial score (nSPS) is 12.8. The summed E-state index contributed by atoms with van der Waals surface area (Å²) in [7, 11) is 0. The molecule has 0 amide bonds. The van der Waals surface area contributed by atoms with Crippen molar-refractivity contribution in [2.45, 2.75) is 77.6 Å². The van der Waals surface area contributed by atoms with E-state index >= 15 is 0 Å². The first-order chi connectivity index (χ1) is 8.38.